The third-order valence-electron chi connectivity index (χ3n) is 6.29. The number of anilines is 2. The summed E-state index contributed by atoms with van der Waals surface area (Å²) in [6, 6.07) is 16.7. The number of hydrogen-bond acceptors (Lipinski definition) is 6. The zero-order valence-corrected chi connectivity index (χ0v) is 22.8. The van der Waals surface area contributed by atoms with Crippen molar-refractivity contribution in [3.05, 3.63) is 89.2 Å². The summed E-state index contributed by atoms with van der Waals surface area (Å²) >= 11 is 0. The smallest absolute Gasteiger partial charge is 0.307 e. The van der Waals surface area contributed by atoms with Crippen LogP contribution in [0.3, 0.4) is 0 Å². The number of carboxylic acid groups (broad SMARTS) is 1. The summed E-state index contributed by atoms with van der Waals surface area (Å²) in [5.41, 5.74) is 2.95. The molecule has 12 heteroatoms. The van der Waals surface area contributed by atoms with E-state index in [4.69, 9.17) is 10.1 Å². The largest absolute Gasteiger partial charge is 0.481 e. The van der Waals surface area contributed by atoms with Crippen LogP contribution in [-0.2, 0) is 30.8 Å². The highest BCUT2D eigenvalue weighted by atomic mass is 32.2. The predicted octanol–water partition coefficient (Wildman–Crippen LogP) is 3.16. The minimum absolute atomic E-state index is 0.173. The van der Waals surface area contributed by atoms with Gasteiger partial charge >= 0.3 is 5.97 Å². The molecule has 1 atom stereocenters. The lowest BCUT2D eigenvalue weighted by Gasteiger charge is -2.23. The van der Waals surface area contributed by atoms with E-state index in [1.807, 2.05) is 0 Å². The van der Waals surface area contributed by atoms with E-state index >= 15 is 0 Å². The molecule has 1 aliphatic rings. The number of sulfonamides is 1. The first kappa shape index (κ1) is 28.4. The highest BCUT2D eigenvalue weighted by molar-refractivity contribution is 7.92. The maximum absolute atomic E-state index is 13.8. The van der Waals surface area contributed by atoms with Gasteiger partial charge in [-0.1, -0.05) is 30.3 Å². The summed E-state index contributed by atoms with van der Waals surface area (Å²) in [6.45, 7) is -0.377. The molecule has 3 aromatic carbocycles. The molecule has 1 aliphatic heterocycles. The molecule has 0 bridgehead atoms. The molecule has 10 nitrogen and oxygen atoms in total. The molecule has 0 radical (unpaired) electrons. The number of amides is 2. The number of carbonyl (C=O) groups is 3. The molecule has 1 heterocycles. The van der Waals surface area contributed by atoms with E-state index in [1.54, 1.807) is 36.4 Å². The van der Waals surface area contributed by atoms with Crippen LogP contribution in [0.25, 0.3) is 0 Å². The van der Waals surface area contributed by atoms with Crippen molar-refractivity contribution in [1.29, 1.82) is 0 Å². The van der Waals surface area contributed by atoms with E-state index in [1.165, 1.54) is 49.3 Å². The van der Waals surface area contributed by atoms with Gasteiger partial charge in [-0.15, -0.1) is 0 Å². The van der Waals surface area contributed by atoms with Crippen LogP contribution in [0.15, 0.2) is 71.7 Å². The Morgan fingerprint density at radius 1 is 1.02 bits per heavy atom. The average molecular weight is 567 g/mol. The molecular formula is C28H27FN4O6S. The van der Waals surface area contributed by atoms with Crippen LogP contribution in [0.4, 0.5) is 21.5 Å². The first-order valence-electron chi connectivity index (χ1n) is 12.1. The van der Waals surface area contributed by atoms with Gasteiger partial charge in [-0.05, 0) is 53.1 Å². The summed E-state index contributed by atoms with van der Waals surface area (Å²) in [5.74, 6) is -3.18. The van der Waals surface area contributed by atoms with E-state index in [2.05, 4.69) is 5.32 Å². The standard InChI is InChI=1S/C28H27FN4O6S/c1-32(2)24(34)16-33(40(3,38)39)21-11-9-20(10-12-21)30-27(18-6-4-17(5-7-18)14-25(35)36)26-22-13-8-19(29)15-23(22)31-28(26)37/h4-13,15,26H,14,16H2,1-3H3,(H,31,37)(H,35,36). The molecule has 0 aliphatic carbocycles. The van der Waals surface area contributed by atoms with E-state index in [9.17, 15) is 27.2 Å². The van der Waals surface area contributed by atoms with Crippen LogP contribution in [0.2, 0.25) is 0 Å². The molecule has 0 aromatic heterocycles. The number of likely N-dealkylation sites (N-methyl/N-ethyl adjacent to an activating group) is 1. The number of nitrogens with zero attached hydrogens (tertiary/aromatic N) is 3. The van der Waals surface area contributed by atoms with Gasteiger partial charge in [-0.2, -0.15) is 0 Å². The van der Waals surface area contributed by atoms with Crippen LogP contribution in [0, 0.1) is 5.82 Å². The highest BCUT2D eigenvalue weighted by Crippen LogP contribution is 2.37. The molecule has 40 heavy (non-hydrogen) atoms. The van der Waals surface area contributed by atoms with E-state index < -0.39 is 39.5 Å². The lowest BCUT2D eigenvalue weighted by molar-refractivity contribution is -0.136. The first-order chi connectivity index (χ1) is 18.8. The van der Waals surface area contributed by atoms with Gasteiger partial charge in [0.1, 0.15) is 18.3 Å². The number of nitrogens with one attached hydrogen (secondary N) is 1. The molecule has 2 N–H and O–H groups in total. The van der Waals surface area contributed by atoms with Gasteiger partial charge < -0.3 is 15.3 Å². The van der Waals surface area contributed by atoms with E-state index in [-0.39, 0.29) is 18.7 Å². The van der Waals surface area contributed by atoms with Crippen LogP contribution in [0.5, 0.6) is 0 Å². The summed E-state index contributed by atoms with van der Waals surface area (Å²) < 4.78 is 39.6. The van der Waals surface area contributed by atoms with Crippen molar-refractivity contribution < 1.29 is 32.3 Å². The second-order valence-corrected chi connectivity index (χ2v) is 11.4. The summed E-state index contributed by atoms with van der Waals surface area (Å²) in [4.78, 5) is 42.4. The Hall–Kier alpha value is -4.58. The second-order valence-electron chi connectivity index (χ2n) is 9.49. The van der Waals surface area contributed by atoms with Gasteiger partial charge in [0.15, 0.2) is 0 Å². The number of benzene rings is 3. The molecule has 4 rings (SSSR count). The van der Waals surface area contributed by atoms with Gasteiger partial charge in [-0.25, -0.2) is 12.8 Å². The van der Waals surface area contributed by atoms with Crippen LogP contribution in [0.1, 0.15) is 22.6 Å². The minimum atomic E-state index is -3.77. The Labute approximate surface area is 230 Å². The van der Waals surface area contributed by atoms with Crippen molar-refractivity contribution in [2.24, 2.45) is 4.99 Å². The molecule has 0 saturated carbocycles. The summed E-state index contributed by atoms with van der Waals surface area (Å²) in [6.07, 6.45) is 0.834. The van der Waals surface area contributed by atoms with Gasteiger partial charge in [0.25, 0.3) is 0 Å². The maximum Gasteiger partial charge on any atom is 0.307 e. The van der Waals surface area contributed by atoms with Crippen molar-refractivity contribution in [2.75, 3.05) is 36.5 Å². The molecule has 0 saturated heterocycles. The highest BCUT2D eigenvalue weighted by Gasteiger charge is 2.35. The third-order valence-corrected chi connectivity index (χ3v) is 7.43. The van der Waals surface area contributed by atoms with Gasteiger partial charge in [-0.3, -0.25) is 23.7 Å². The molecular weight excluding hydrogens is 539 g/mol. The number of aliphatic carboxylic acids is 1. The number of aliphatic imine (C=N–C) groups is 1. The monoisotopic (exact) mass is 566 g/mol. The molecule has 1 unspecified atom stereocenters. The van der Waals surface area contributed by atoms with E-state index in [0.29, 0.717) is 33.8 Å². The quantitative estimate of drug-likeness (QED) is 0.382. The normalized spacial score (nSPS) is 14.8. The van der Waals surface area contributed by atoms with Crippen molar-refractivity contribution in [3.8, 4) is 0 Å². The third kappa shape index (κ3) is 6.34. The molecule has 0 spiro atoms. The van der Waals surface area contributed by atoms with Gasteiger partial charge in [0, 0.05) is 19.8 Å². The zero-order valence-electron chi connectivity index (χ0n) is 22.0. The van der Waals surface area contributed by atoms with Gasteiger partial charge in [0.2, 0.25) is 21.8 Å². The SMILES string of the molecule is CN(C)C(=O)CN(c1ccc(N=C(c2ccc(CC(=O)O)cc2)C2C(=O)Nc3cc(F)ccc32)cc1)S(C)(=O)=O. The predicted molar refractivity (Wildman–Crippen MR) is 149 cm³/mol. The fourth-order valence-corrected chi connectivity index (χ4v) is 5.12. The number of hydrogen-bond donors (Lipinski definition) is 2. The number of rotatable bonds is 9. The van der Waals surface area contributed by atoms with Crippen molar-refractivity contribution in [2.45, 2.75) is 12.3 Å². The Balaban J connectivity index is 1.77. The number of halogens is 1. The Morgan fingerprint density at radius 2 is 1.68 bits per heavy atom. The summed E-state index contributed by atoms with van der Waals surface area (Å²) in [7, 11) is -0.711. The summed E-state index contributed by atoms with van der Waals surface area (Å²) in [5, 5.41) is 11.8. The molecule has 2 amide bonds. The first-order valence-corrected chi connectivity index (χ1v) is 14.0. The average Bonchev–Trinajstić information content (AvgIpc) is 3.20. The molecule has 208 valence electrons. The fourth-order valence-electron chi connectivity index (χ4n) is 4.27. The Kier molecular flexibility index (Phi) is 8.01. The lowest BCUT2D eigenvalue weighted by Crippen LogP contribution is -2.39. The fraction of sp³-hybridized carbons (Fsp3) is 0.214. The second kappa shape index (κ2) is 11.3. The Morgan fingerprint density at radius 3 is 2.25 bits per heavy atom. The van der Waals surface area contributed by atoms with Crippen LogP contribution in [-0.4, -0.2) is 68.8 Å². The number of carboxylic acids is 1. The van der Waals surface area contributed by atoms with Crippen molar-refractivity contribution >= 4 is 50.6 Å². The topological polar surface area (TPSA) is 136 Å². The Bertz CT molecular complexity index is 1600. The molecule has 3 aromatic rings. The van der Waals surface area contributed by atoms with Crippen molar-refractivity contribution in [3.63, 3.8) is 0 Å². The number of fused-ring (bicyclic) bond motifs is 1. The molecule has 0 fully saturated rings. The lowest BCUT2D eigenvalue weighted by atomic mass is 9.90. The maximum atomic E-state index is 13.8. The zero-order chi connectivity index (χ0) is 29.2. The van der Waals surface area contributed by atoms with E-state index in [0.717, 1.165) is 10.6 Å². The van der Waals surface area contributed by atoms with Gasteiger partial charge in [0.05, 0.1) is 29.8 Å². The minimum Gasteiger partial charge on any atom is -0.481 e. The van der Waals surface area contributed by atoms with Crippen molar-refractivity contribution in [1.82, 2.24) is 4.90 Å². The van der Waals surface area contributed by atoms with Crippen LogP contribution < -0.4 is 9.62 Å². The number of carbonyl (C=O) groups excluding carboxylic acids is 2. The van der Waals surface area contributed by atoms with Crippen LogP contribution >= 0.6 is 0 Å².